The highest BCUT2D eigenvalue weighted by Crippen LogP contribution is 2.33. The molecule has 1 aromatic carbocycles. The summed E-state index contributed by atoms with van der Waals surface area (Å²) in [5.41, 5.74) is 0.112. The molecule has 0 aliphatic carbocycles. The van der Waals surface area contributed by atoms with E-state index in [2.05, 4.69) is 10.6 Å². The summed E-state index contributed by atoms with van der Waals surface area (Å²) in [6.45, 7) is 3.50. The summed E-state index contributed by atoms with van der Waals surface area (Å²) < 4.78 is 5.15. The van der Waals surface area contributed by atoms with E-state index in [1.165, 1.54) is 19.2 Å². The van der Waals surface area contributed by atoms with Crippen molar-refractivity contribution in [2.75, 3.05) is 32.1 Å². The fourth-order valence-corrected chi connectivity index (χ4v) is 2.05. The van der Waals surface area contributed by atoms with Gasteiger partial charge in [-0.15, -0.1) is 0 Å². The van der Waals surface area contributed by atoms with Gasteiger partial charge in [-0.05, 0) is 19.4 Å². The Balaban J connectivity index is 2.78. The van der Waals surface area contributed by atoms with E-state index >= 15 is 0 Å². The van der Waals surface area contributed by atoms with Gasteiger partial charge in [-0.1, -0.05) is 11.6 Å². The lowest BCUT2D eigenvalue weighted by molar-refractivity contribution is -0.383. The Bertz CT molecular complexity index is 522. The second kappa shape index (κ2) is 8.43. The first-order valence-corrected chi connectivity index (χ1v) is 6.90. The molecule has 0 aliphatic rings. The summed E-state index contributed by atoms with van der Waals surface area (Å²) in [5, 5.41) is 16.5. The Kier molecular flexibility index (Phi) is 6.90. The number of carbonyl (C=O) groups excluding carboxylic acids is 1. The number of nitro groups is 1. The van der Waals surface area contributed by atoms with Crippen molar-refractivity contribution in [2.24, 2.45) is 0 Å². The molecule has 0 bridgehead atoms. The van der Waals surface area contributed by atoms with Gasteiger partial charge in [0.1, 0.15) is 5.69 Å². The second-order valence-corrected chi connectivity index (χ2v) is 4.57. The average Bonchev–Trinajstić information content (AvgIpc) is 2.45. The number of hydrogen-bond donors (Lipinski definition) is 2. The van der Waals surface area contributed by atoms with Crippen LogP contribution in [0.2, 0.25) is 5.02 Å². The normalized spacial score (nSPS) is 10.2. The van der Waals surface area contributed by atoms with Gasteiger partial charge < -0.3 is 15.4 Å². The van der Waals surface area contributed by atoms with Crippen LogP contribution in [0.4, 0.5) is 11.4 Å². The van der Waals surface area contributed by atoms with Crippen LogP contribution in [0, 0.1) is 10.1 Å². The number of hydrogen-bond acceptors (Lipinski definition) is 5. The van der Waals surface area contributed by atoms with E-state index in [4.69, 9.17) is 16.3 Å². The van der Waals surface area contributed by atoms with Crippen molar-refractivity contribution in [1.29, 1.82) is 0 Å². The molecule has 1 aromatic rings. The van der Waals surface area contributed by atoms with Gasteiger partial charge in [0.15, 0.2) is 0 Å². The molecule has 8 heteroatoms. The Hall–Kier alpha value is -1.86. The SMILES string of the molecule is CCOCCCNC(=O)c1cc(Cl)c(NC)c([N+](=O)[O-])c1. The lowest BCUT2D eigenvalue weighted by Crippen LogP contribution is -2.25. The van der Waals surface area contributed by atoms with Crippen molar-refractivity contribution in [2.45, 2.75) is 13.3 Å². The Morgan fingerprint density at radius 3 is 2.76 bits per heavy atom. The summed E-state index contributed by atoms with van der Waals surface area (Å²) >= 11 is 5.96. The van der Waals surface area contributed by atoms with E-state index in [1.807, 2.05) is 6.92 Å². The van der Waals surface area contributed by atoms with Gasteiger partial charge in [-0.2, -0.15) is 0 Å². The molecule has 0 unspecified atom stereocenters. The molecule has 0 aliphatic heterocycles. The first kappa shape index (κ1) is 17.2. The van der Waals surface area contributed by atoms with E-state index in [9.17, 15) is 14.9 Å². The summed E-state index contributed by atoms with van der Waals surface area (Å²) in [4.78, 5) is 22.4. The van der Waals surface area contributed by atoms with Crippen LogP contribution in [0.15, 0.2) is 12.1 Å². The number of rotatable bonds is 8. The van der Waals surface area contributed by atoms with Crippen molar-refractivity contribution in [3.8, 4) is 0 Å². The van der Waals surface area contributed by atoms with E-state index in [1.54, 1.807) is 0 Å². The third-order valence-electron chi connectivity index (χ3n) is 2.73. The van der Waals surface area contributed by atoms with E-state index in [0.717, 1.165) is 0 Å². The van der Waals surface area contributed by atoms with Crippen LogP contribution in [0.5, 0.6) is 0 Å². The highest BCUT2D eigenvalue weighted by Gasteiger charge is 2.20. The molecule has 2 N–H and O–H groups in total. The Labute approximate surface area is 127 Å². The molecule has 0 aromatic heterocycles. The zero-order valence-corrected chi connectivity index (χ0v) is 12.7. The first-order chi connectivity index (χ1) is 10.0. The van der Waals surface area contributed by atoms with Gasteiger partial charge in [0.05, 0.1) is 9.95 Å². The van der Waals surface area contributed by atoms with Crippen LogP contribution < -0.4 is 10.6 Å². The van der Waals surface area contributed by atoms with Crippen LogP contribution in [0.1, 0.15) is 23.7 Å². The zero-order chi connectivity index (χ0) is 15.8. The molecule has 7 nitrogen and oxygen atoms in total. The van der Waals surface area contributed by atoms with Gasteiger partial charge in [-0.3, -0.25) is 14.9 Å². The van der Waals surface area contributed by atoms with Crippen molar-refractivity contribution < 1.29 is 14.5 Å². The maximum Gasteiger partial charge on any atom is 0.294 e. The largest absolute Gasteiger partial charge is 0.382 e. The number of nitrogens with one attached hydrogen (secondary N) is 2. The third kappa shape index (κ3) is 4.87. The van der Waals surface area contributed by atoms with Gasteiger partial charge in [0, 0.05) is 38.4 Å². The minimum Gasteiger partial charge on any atom is -0.382 e. The molecule has 0 fully saturated rings. The number of nitro benzene ring substituents is 1. The molecule has 0 saturated carbocycles. The van der Waals surface area contributed by atoms with E-state index in [0.29, 0.717) is 26.2 Å². The number of benzene rings is 1. The number of nitrogens with zero attached hydrogens (tertiary/aromatic N) is 1. The molecule has 1 rings (SSSR count). The topological polar surface area (TPSA) is 93.5 Å². The van der Waals surface area contributed by atoms with Crippen LogP contribution in [0.3, 0.4) is 0 Å². The van der Waals surface area contributed by atoms with Gasteiger partial charge >= 0.3 is 0 Å². The van der Waals surface area contributed by atoms with Crippen LogP contribution in [-0.4, -0.2) is 37.6 Å². The molecular formula is C13H18ClN3O4. The number of ether oxygens (including phenoxy) is 1. The molecule has 116 valence electrons. The van der Waals surface area contributed by atoms with Crippen molar-refractivity contribution in [3.05, 3.63) is 32.8 Å². The number of carbonyl (C=O) groups is 1. The smallest absolute Gasteiger partial charge is 0.294 e. The minimum absolute atomic E-state index is 0.131. The molecule has 0 saturated heterocycles. The quantitative estimate of drug-likeness (QED) is 0.436. The molecule has 1 amide bonds. The van der Waals surface area contributed by atoms with Crippen molar-refractivity contribution >= 4 is 28.9 Å². The van der Waals surface area contributed by atoms with Gasteiger partial charge in [0.25, 0.3) is 11.6 Å². The molecule has 0 heterocycles. The monoisotopic (exact) mass is 315 g/mol. The van der Waals surface area contributed by atoms with Crippen molar-refractivity contribution in [1.82, 2.24) is 5.32 Å². The molecule has 21 heavy (non-hydrogen) atoms. The van der Waals surface area contributed by atoms with Gasteiger partial charge in [-0.25, -0.2) is 0 Å². The standard InChI is InChI=1S/C13H18ClN3O4/c1-3-21-6-4-5-16-13(18)9-7-10(14)12(15-2)11(8-9)17(19)20/h7-8,15H,3-6H2,1-2H3,(H,16,18). The lowest BCUT2D eigenvalue weighted by atomic mass is 10.1. The second-order valence-electron chi connectivity index (χ2n) is 4.17. The number of halogens is 1. The highest BCUT2D eigenvalue weighted by molar-refractivity contribution is 6.34. The fourth-order valence-electron chi connectivity index (χ4n) is 1.74. The highest BCUT2D eigenvalue weighted by atomic mass is 35.5. The zero-order valence-electron chi connectivity index (χ0n) is 11.9. The molecule has 0 atom stereocenters. The Morgan fingerprint density at radius 1 is 1.48 bits per heavy atom. The predicted octanol–water partition coefficient (Wildman–Crippen LogP) is 2.45. The van der Waals surface area contributed by atoms with Crippen LogP contribution in [0.25, 0.3) is 0 Å². The molecule has 0 spiro atoms. The first-order valence-electron chi connectivity index (χ1n) is 6.52. The van der Waals surface area contributed by atoms with E-state index < -0.39 is 10.8 Å². The van der Waals surface area contributed by atoms with Crippen LogP contribution in [-0.2, 0) is 4.74 Å². The van der Waals surface area contributed by atoms with Crippen molar-refractivity contribution in [3.63, 3.8) is 0 Å². The molecular weight excluding hydrogens is 298 g/mol. The maximum atomic E-state index is 12.0. The predicted molar refractivity (Wildman–Crippen MR) is 81.1 cm³/mol. The fraction of sp³-hybridized carbons (Fsp3) is 0.462. The van der Waals surface area contributed by atoms with Gasteiger partial charge in [0.2, 0.25) is 0 Å². The van der Waals surface area contributed by atoms with Crippen LogP contribution >= 0.6 is 11.6 Å². The lowest BCUT2D eigenvalue weighted by Gasteiger charge is -2.09. The summed E-state index contributed by atoms with van der Waals surface area (Å²) in [5.74, 6) is -0.404. The minimum atomic E-state index is -0.580. The summed E-state index contributed by atoms with van der Waals surface area (Å²) in [6.07, 6.45) is 0.671. The maximum absolute atomic E-state index is 12.0. The Morgan fingerprint density at radius 2 is 2.19 bits per heavy atom. The molecule has 0 radical (unpaired) electrons. The summed E-state index contributed by atoms with van der Waals surface area (Å²) in [6, 6.07) is 2.61. The summed E-state index contributed by atoms with van der Waals surface area (Å²) in [7, 11) is 1.53. The van der Waals surface area contributed by atoms with E-state index in [-0.39, 0.29) is 22.0 Å². The number of anilines is 1. The number of amides is 1. The third-order valence-corrected chi connectivity index (χ3v) is 3.03. The average molecular weight is 316 g/mol.